The molecule has 0 aromatic heterocycles. The molecule has 2 nitrogen and oxygen atoms in total. The molecule has 0 saturated carbocycles. The van der Waals surface area contributed by atoms with Gasteiger partial charge in [0.25, 0.3) is 0 Å². The molecule has 1 aromatic carbocycles. The number of carbonyl (C=O) groups is 1. The highest BCUT2D eigenvalue weighted by Gasteiger charge is 2.24. The van der Waals surface area contributed by atoms with Gasteiger partial charge in [0.15, 0.2) is 0 Å². The third kappa shape index (κ3) is 1.69. The van der Waals surface area contributed by atoms with Gasteiger partial charge in [-0.25, -0.2) is 0 Å². The standard InChI is InChI=1S/C10H9BrINO/c1-6(14)13-3-2-7-4-8(12)5-9(11)10(7)13/h4-5H,2-3H2,1H3. The predicted molar refractivity (Wildman–Crippen MR) is 68.6 cm³/mol. The highest BCUT2D eigenvalue weighted by atomic mass is 127. The number of hydrogen-bond donors (Lipinski definition) is 0. The maximum atomic E-state index is 11.3. The number of nitrogens with zero attached hydrogens (tertiary/aromatic N) is 1. The fraction of sp³-hybridized carbons (Fsp3) is 0.300. The van der Waals surface area contributed by atoms with E-state index in [1.807, 2.05) is 11.0 Å². The zero-order chi connectivity index (χ0) is 10.3. The quantitative estimate of drug-likeness (QED) is 0.647. The van der Waals surface area contributed by atoms with E-state index in [0.717, 1.165) is 23.1 Å². The highest BCUT2D eigenvalue weighted by molar-refractivity contribution is 14.1. The van der Waals surface area contributed by atoms with Crippen molar-refractivity contribution in [3.05, 3.63) is 25.7 Å². The Kier molecular flexibility index (Phi) is 2.83. The van der Waals surface area contributed by atoms with Crippen molar-refractivity contribution in [2.45, 2.75) is 13.3 Å². The summed E-state index contributed by atoms with van der Waals surface area (Å²) < 4.78 is 2.23. The van der Waals surface area contributed by atoms with Crippen LogP contribution in [0, 0.1) is 3.57 Å². The van der Waals surface area contributed by atoms with Gasteiger partial charge in [-0.05, 0) is 62.6 Å². The van der Waals surface area contributed by atoms with Crippen molar-refractivity contribution >= 4 is 50.1 Å². The first-order valence-corrected chi connectivity index (χ1v) is 6.23. The van der Waals surface area contributed by atoms with Gasteiger partial charge in [0.1, 0.15) is 0 Å². The van der Waals surface area contributed by atoms with Gasteiger partial charge >= 0.3 is 0 Å². The number of fused-ring (bicyclic) bond motifs is 1. The lowest BCUT2D eigenvalue weighted by molar-refractivity contribution is -0.116. The summed E-state index contributed by atoms with van der Waals surface area (Å²) in [5, 5.41) is 0. The molecule has 1 amide bonds. The molecule has 0 fully saturated rings. The maximum Gasteiger partial charge on any atom is 0.223 e. The van der Waals surface area contributed by atoms with Crippen LogP contribution in [0.25, 0.3) is 0 Å². The van der Waals surface area contributed by atoms with Crippen molar-refractivity contribution < 1.29 is 4.79 Å². The van der Waals surface area contributed by atoms with Crippen molar-refractivity contribution in [1.29, 1.82) is 0 Å². The van der Waals surface area contributed by atoms with E-state index >= 15 is 0 Å². The zero-order valence-electron chi connectivity index (χ0n) is 7.68. The van der Waals surface area contributed by atoms with Gasteiger partial charge < -0.3 is 4.90 Å². The van der Waals surface area contributed by atoms with Gasteiger partial charge in [-0.15, -0.1) is 0 Å². The summed E-state index contributed by atoms with van der Waals surface area (Å²) in [6.07, 6.45) is 0.963. The lowest BCUT2D eigenvalue weighted by Gasteiger charge is -2.16. The molecule has 1 aromatic rings. The molecule has 0 atom stereocenters. The lowest BCUT2D eigenvalue weighted by atomic mass is 10.2. The van der Waals surface area contributed by atoms with Crippen LogP contribution in [0.15, 0.2) is 16.6 Å². The van der Waals surface area contributed by atoms with Crippen LogP contribution in [0.4, 0.5) is 5.69 Å². The van der Waals surface area contributed by atoms with Crippen LogP contribution in [0.2, 0.25) is 0 Å². The van der Waals surface area contributed by atoms with Crippen LogP contribution in [0.1, 0.15) is 12.5 Å². The second-order valence-electron chi connectivity index (χ2n) is 3.32. The third-order valence-corrected chi connectivity index (χ3v) is 3.59. The van der Waals surface area contributed by atoms with Crippen LogP contribution in [0.3, 0.4) is 0 Å². The van der Waals surface area contributed by atoms with Crippen molar-refractivity contribution in [2.24, 2.45) is 0 Å². The molecule has 0 spiro atoms. The fourth-order valence-electron chi connectivity index (χ4n) is 1.77. The van der Waals surface area contributed by atoms with Gasteiger partial charge in [0.2, 0.25) is 5.91 Å². The van der Waals surface area contributed by atoms with E-state index in [-0.39, 0.29) is 5.91 Å². The SMILES string of the molecule is CC(=O)N1CCc2cc(I)cc(Br)c21. The largest absolute Gasteiger partial charge is 0.311 e. The second kappa shape index (κ2) is 3.81. The average molecular weight is 366 g/mol. The molecule has 1 aliphatic rings. The van der Waals surface area contributed by atoms with E-state index in [1.165, 1.54) is 9.13 Å². The Bertz CT molecular complexity index is 405. The molecule has 14 heavy (non-hydrogen) atoms. The minimum Gasteiger partial charge on any atom is -0.311 e. The van der Waals surface area contributed by atoms with E-state index in [0.29, 0.717) is 0 Å². The Hall–Kier alpha value is -0.100. The number of carbonyl (C=O) groups excluding carboxylic acids is 1. The first kappa shape index (κ1) is 10.4. The Morgan fingerprint density at radius 2 is 2.29 bits per heavy atom. The average Bonchev–Trinajstić information content (AvgIpc) is 2.47. The molecule has 0 aliphatic carbocycles. The topological polar surface area (TPSA) is 20.3 Å². The van der Waals surface area contributed by atoms with E-state index in [9.17, 15) is 4.79 Å². The second-order valence-corrected chi connectivity index (χ2v) is 5.42. The van der Waals surface area contributed by atoms with Crippen LogP contribution >= 0.6 is 38.5 Å². The van der Waals surface area contributed by atoms with Gasteiger partial charge in [0.05, 0.1) is 5.69 Å². The molecular weight excluding hydrogens is 357 g/mol. The molecule has 74 valence electrons. The summed E-state index contributed by atoms with van der Waals surface area (Å²) in [6.45, 7) is 2.42. The summed E-state index contributed by atoms with van der Waals surface area (Å²) in [6, 6.07) is 4.18. The first-order valence-electron chi connectivity index (χ1n) is 4.35. The zero-order valence-corrected chi connectivity index (χ0v) is 11.4. The van der Waals surface area contributed by atoms with Crippen molar-refractivity contribution in [3.63, 3.8) is 0 Å². The molecule has 1 aliphatic heterocycles. The summed E-state index contributed by atoms with van der Waals surface area (Å²) in [7, 11) is 0. The van der Waals surface area contributed by atoms with Crippen molar-refractivity contribution in [3.8, 4) is 0 Å². The summed E-state index contributed by atoms with van der Waals surface area (Å²) in [4.78, 5) is 13.2. The number of halogens is 2. The fourth-order valence-corrected chi connectivity index (χ4v) is 3.60. The van der Waals surface area contributed by atoms with E-state index in [2.05, 4.69) is 44.6 Å². The van der Waals surface area contributed by atoms with Crippen molar-refractivity contribution in [1.82, 2.24) is 0 Å². The number of benzene rings is 1. The van der Waals surface area contributed by atoms with Crippen LogP contribution < -0.4 is 4.90 Å². The predicted octanol–water partition coefficient (Wildman–Crippen LogP) is 2.96. The molecule has 0 N–H and O–H groups in total. The molecule has 0 saturated heterocycles. The molecular formula is C10H9BrINO. The van der Waals surface area contributed by atoms with Crippen LogP contribution in [-0.2, 0) is 11.2 Å². The van der Waals surface area contributed by atoms with Gasteiger partial charge in [-0.3, -0.25) is 4.79 Å². The smallest absolute Gasteiger partial charge is 0.223 e. The van der Waals surface area contributed by atoms with Crippen molar-refractivity contribution in [2.75, 3.05) is 11.4 Å². The highest BCUT2D eigenvalue weighted by Crippen LogP contribution is 2.36. The molecule has 0 radical (unpaired) electrons. The van der Waals surface area contributed by atoms with Gasteiger partial charge in [-0.2, -0.15) is 0 Å². The molecule has 0 unspecified atom stereocenters. The minimum atomic E-state index is 0.116. The Balaban J connectivity index is 2.54. The molecule has 4 heteroatoms. The first-order chi connectivity index (χ1) is 6.59. The van der Waals surface area contributed by atoms with Gasteiger partial charge in [0, 0.05) is 21.5 Å². The number of rotatable bonds is 0. The Morgan fingerprint density at radius 3 is 2.93 bits per heavy atom. The lowest BCUT2D eigenvalue weighted by Crippen LogP contribution is -2.26. The normalized spacial score (nSPS) is 14.4. The minimum absolute atomic E-state index is 0.116. The molecule has 2 rings (SSSR count). The van der Waals surface area contributed by atoms with E-state index in [1.54, 1.807) is 6.92 Å². The summed E-state index contributed by atoms with van der Waals surface area (Å²) >= 11 is 5.80. The Labute approximate surface area is 105 Å². The van der Waals surface area contributed by atoms with Gasteiger partial charge in [-0.1, -0.05) is 0 Å². The summed E-state index contributed by atoms with van der Waals surface area (Å²) in [5.41, 5.74) is 2.32. The van der Waals surface area contributed by atoms with Crippen LogP contribution in [0.5, 0.6) is 0 Å². The molecule has 1 heterocycles. The van der Waals surface area contributed by atoms with Crippen LogP contribution in [-0.4, -0.2) is 12.5 Å². The summed E-state index contributed by atoms with van der Waals surface area (Å²) in [5.74, 6) is 0.116. The number of anilines is 1. The molecule has 0 bridgehead atoms. The number of hydrogen-bond acceptors (Lipinski definition) is 1. The van der Waals surface area contributed by atoms with E-state index < -0.39 is 0 Å². The van der Waals surface area contributed by atoms with E-state index in [4.69, 9.17) is 0 Å². The monoisotopic (exact) mass is 365 g/mol. The third-order valence-electron chi connectivity index (χ3n) is 2.36. The number of amides is 1. The maximum absolute atomic E-state index is 11.3. The Morgan fingerprint density at radius 1 is 1.57 bits per heavy atom.